The number of nitrogen functional groups attached to an aromatic ring is 1. The van der Waals surface area contributed by atoms with Gasteiger partial charge in [-0.25, -0.2) is 4.79 Å². The van der Waals surface area contributed by atoms with Crippen molar-refractivity contribution in [1.82, 2.24) is 0 Å². The summed E-state index contributed by atoms with van der Waals surface area (Å²) in [5, 5.41) is 0.431. The summed E-state index contributed by atoms with van der Waals surface area (Å²) in [6.07, 6.45) is 1.99. The van der Waals surface area contributed by atoms with E-state index in [1.165, 1.54) is 11.3 Å². The van der Waals surface area contributed by atoms with Crippen molar-refractivity contribution in [3.05, 3.63) is 16.0 Å². The van der Waals surface area contributed by atoms with Gasteiger partial charge in [-0.1, -0.05) is 6.92 Å². The zero-order valence-electron chi connectivity index (χ0n) is 12.7. The molecular weight excluding hydrogens is 290 g/mol. The molecule has 116 valence electrons. The van der Waals surface area contributed by atoms with E-state index in [-0.39, 0.29) is 12.6 Å². The van der Waals surface area contributed by atoms with Gasteiger partial charge in [0, 0.05) is 10.4 Å². The van der Waals surface area contributed by atoms with E-state index in [1.54, 1.807) is 13.8 Å². The topological polar surface area (TPSA) is 78.6 Å². The summed E-state index contributed by atoms with van der Waals surface area (Å²) >= 11 is 1.38. The molecular formula is C15H21NO4S. The molecule has 1 atom stereocenters. The highest BCUT2D eigenvalue weighted by atomic mass is 32.1. The summed E-state index contributed by atoms with van der Waals surface area (Å²) in [7, 11) is 0. The van der Waals surface area contributed by atoms with Crippen LogP contribution in [0.4, 0.5) is 5.00 Å². The highest BCUT2D eigenvalue weighted by Gasteiger charge is 2.49. The molecule has 1 aromatic heterocycles. The summed E-state index contributed by atoms with van der Waals surface area (Å²) in [4.78, 5) is 25.7. The quantitative estimate of drug-likeness (QED) is 0.846. The molecule has 0 amide bonds. The van der Waals surface area contributed by atoms with Crippen LogP contribution in [0.25, 0.3) is 0 Å². The number of esters is 2. The minimum atomic E-state index is -0.762. The van der Waals surface area contributed by atoms with Crippen LogP contribution in [0.5, 0.6) is 0 Å². The molecule has 1 aromatic rings. The van der Waals surface area contributed by atoms with Crippen molar-refractivity contribution in [2.24, 2.45) is 0 Å². The molecule has 0 saturated heterocycles. The molecule has 1 heterocycles. The maximum absolute atomic E-state index is 12.5. The van der Waals surface area contributed by atoms with E-state index in [2.05, 4.69) is 0 Å². The van der Waals surface area contributed by atoms with Crippen LogP contribution < -0.4 is 5.73 Å². The third-order valence-corrected chi connectivity index (χ3v) is 5.09. The molecule has 2 N–H and O–H groups in total. The molecule has 6 heteroatoms. The fourth-order valence-electron chi connectivity index (χ4n) is 3.01. The first kappa shape index (κ1) is 15.8. The molecule has 0 fully saturated rings. The summed E-state index contributed by atoms with van der Waals surface area (Å²) in [6.45, 7) is 6.07. The number of rotatable bonds is 5. The average molecular weight is 311 g/mol. The van der Waals surface area contributed by atoms with E-state index in [9.17, 15) is 9.59 Å². The van der Waals surface area contributed by atoms with Crippen molar-refractivity contribution < 1.29 is 19.1 Å². The second kappa shape index (κ2) is 6.05. The lowest BCUT2D eigenvalue weighted by molar-refractivity contribution is -0.150. The molecule has 5 nitrogen and oxygen atoms in total. The first-order chi connectivity index (χ1) is 10.0. The smallest absolute Gasteiger partial charge is 0.341 e. The third-order valence-electron chi connectivity index (χ3n) is 4.02. The molecule has 0 unspecified atom stereocenters. The molecule has 0 aliphatic heterocycles. The zero-order chi connectivity index (χ0) is 15.6. The van der Waals surface area contributed by atoms with Crippen molar-refractivity contribution in [3.8, 4) is 0 Å². The molecule has 21 heavy (non-hydrogen) atoms. The largest absolute Gasteiger partial charge is 0.465 e. The van der Waals surface area contributed by atoms with Crippen molar-refractivity contribution in [1.29, 1.82) is 0 Å². The van der Waals surface area contributed by atoms with Crippen LogP contribution >= 0.6 is 11.3 Å². The molecule has 0 radical (unpaired) electrons. The van der Waals surface area contributed by atoms with Crippen LogP contribution in [-0.2, 0) is 26.1 Å². The van der Waals surface area contributed by atoms with Crippen LogP contribution in [0.15, 0.2) is 0 Å². The minimum absolute atomic E-state index is 0.269. The Bertz CT molecular complexity index is 566. The van der Waals surface area contributed by atoms with Crippen LogP contribution in [-0.4, -0.2) is 25.2 Å². The molecule has 1 aliphatic carbocycles. The van der Waals surface area contributed by atoms with E-state index in [4.69, 9.17) is 15.2 Å². The normalized spacial score (nSPS) is 20.1. The highest BCUT2D eigenvalue weighted by Crippen LogP contribution is 2.50. The van der Waals surface area contributed by atoms with Gasteiger partial charge in [0.25, 0.3) is 0 Å². The first-order valence-electron chi connectivity index (χ1n) is 7.27. The van der Waals surface area contributed by atoms with Crippen LogP contribution in [0, 0.1) is 0 Å². The molecule has 0 aromatic carbocycles. The fraction of sp³-hybridized carbons (Fsp3) is 0.600. The maximum Gasteiger partial charge on any atom is 0.341 e. The third kappa shape index (κ3) is 2.41. The van der Waals surface area contributed by atoms with Gasteiger partial charge in [0.05, 0.1) is 24.2 Å². The van der Waals surface area contributed by atoms with E-state index >= 15 is 0 Å². The number of thiophene rings is 1. The monoisotopic (exact) mass is 311 g/mol. The van der Waals surface area contributed by atoms with E-state index in [0.29, 0.717) is 30.0 Å². The number of hydrogen-bond acceptors (Lipinski definition) is 6. The predicted octanol–water partition coefficient (Wildman–Crippen LogP) is 2.66. The number of ether oxygens (including phenoxy) is 2. The van der Waals surface area contributed by atoms with Gasteiger partial charge in [-0.2, -0.15) is 0 Å². The maximum atomic E-state index is 12.5. The number of carbonyl (C=O) groups is 2. The van der Waals surface area contributed by atoms with Crippen molar-refractivity contribution in [2.45, 2.75) is 45.4 Å². The number of nitrogens with two attached hydrogens (primary N) is 1. The Morgan fingerprint density at radius 2 is 1.90 bits per heavy atom. The summed E-state index contributed by atoms with van der Waals surface area (Å²) in [6, 6.07) is 0. The molecule has 0 saturated carbocycles. The predicted molar refractivity (Wildman–Crippen MR) is 81.6 cm³/mol. The van der Waals surface area contributed by atoms with Gasteiger partial charge in [-0.05, 0) is 33.1 Å². The van der Waals surface area contributed by atoms with Gasteiger partial charge < -0.3 is 15.2 Å². The van der Waals surface area contributed by atoms with Crippen molar-refractivity contribution in [3.63, 3.8) is 0 Å². The molecule has 0 bridgehead atoms. The lowest BCUT2D eigenvalue weighted by atomic mass is 9.78. The zero-order valence-corrected chi connectivity index (χ0v) is 13.5. The Morgan fingerprint density at radius 1 is 1.24 bits per heavy atom. The van der Waals surface area contributed by atoms with Crippen LogP contribution in [0.2, 0.25) is 0 Å². The standard InChI is InChI=1S/C15H21NO4S/c1-4-15(14(18)20-6-3)8-7-9-11(15)10(12(16)21-9)13(17)19-5-2/h4-8,16H2,1-3H3/t15-/m0/s1. The average Bonchev–Trinajstić information content (AvgIpc) is 2.95. The van der Waals surface area contributed by atoms with E-state index < -0.39 is 11.4 Å². The van der Waals surface area contributed by atoms with Gasteiger partial charge in [0.15, 0.2) is 0 Å². The van der Waals surface area contributed by atoms with Gasteiger partial charge in [0.1, 0.15) is 5.00 Å². The van der Waals surface area contributed by atoms with Gasteiger partial charge >= 0.3 is 11.9 Å². The Hall–Kier alpha value is -1.56. The van der Waals surface area contributed by atoms with Crippen LogP contribution in [0.3, 0.4) is 0 Å². The Balaban J connectivity index is 2.55. The summed E-state index contributed by atoms with van der Waals surface area (Å²) < 4.78 is 10.4. The number of aryl methyl sites for hydroxylation is 1. The van der Waals surface area contributed by atoms with E-state index in [0.717, 1.165) is 16.9 Å². The molecule has 1 aliphatic rings. The summed E-state index contributed by atoms with van der Waals surface area (Å²) in [5.41, 5.74) is 6.34. The van der Waals surface area contributed by atoms with Crippen LogP contribution in [0.1, 0.15) is 54.4 Å². The van der Waals surface area contributed by atoms with Crippen molar-refractivity contribution >= 4 is 28.3 Å². The lowest BCUT2D eigenvalue weighted by Crippen LogP contribution is -2.36. The number of fused-ring (bicyclic) bond motifs is 1. The highest BCUT2D eigenvalue weighted by molar-refractivity contribution is 7.16. The number of hydrogen-bond donors (Lipinski definition) is 1. The first-order valence-corrected chi connectivity index (χ1v) is 8.09. The summed E-state index contributed by atoms with van der Waals surface area (Å²) in [5.74, 6) is -0.717. The van der Waals surface area contributed by atoms with E-state index in [1.807, 2.05) is 6.92 Å². The minimum Gasteiger partial charge on any atom is -0.465 e. The number of anilines is 1. The molecule has 2 rings (SSSR count). The van der Waals surface area contributed by atoms with Gasteiger partial charge in [-0.3, -0.25) is 4.79 Å². The Morgan fingerprint density at radius 3 is 2.48 bits per heavy atom. The van der Waals surface area contributed by atoms with Gasteiger partial charge in [0.2, 0.25) is 0 Å². The molecule has 0 spiro atoms. The fourth-order valence-corrected chi connectivity index (χ4v) is 4.17. The van der Waals surface area contributed by atoms with Crippen molar-refractivity contribution in [2.75, 3.05) is 18.9 Å². The second-order valence-electron chi connectivity index (χ2n) is 5.02. The SMILES string of the molecule is CCOC(=O)c1c(N)sc2c1[C@@](CC)(C(=O)OCC)CC2. The van der Waals surface area contributed by atoms with Gasteiger partial charge in [-0.15, -0.1) is 11.3 Å². The Kier molecular flexibility index (Phi) is 4.56. The second-order valence-corrected chi connectivity index (χ2v) is 6.15. The number of carbonyl (C=O) groups excluding carboxylic acids is 2. The lowest BCUT2D eigenvalue weighted by Gasteiger charge is -2.26. The Labute approximate surface area is 128 Å².